The Kier molecular flexibility index (Phi) is 7.35. The van der Waals surface area contributed by atoms with Crippen molar-refractivity contribution in [2.75, 3.05) is 5.75 Å². The molecule has 4 heteroatoms. The van der Waals surface area contributed by atoms with Crippen molar-refractivity contribution in [3.63, 3.8) is 0 Å². The maximum atomic E-state index is 10.5. The molecule has 0 amide bonds. The molecule has 0 aromatic heterocycles. The van der Waals surface area contributed by atoms with E-state index < -0.39 is 5.97 Å². The third-order valence-electron chi connectivity index (χ3n) is 5.35. The van der Waals surface area contributed by atoms with Gasteiger partial charge in [-0.1, -0.05) is 42.5 Å². The molecular weight excluding hydrogens is 348 g/mol. The largest absolute Gasteiger partial charge is 0.481 e. The highest BCUT2D eigenvalue weighted by atomic mass is 32.2. The number of carboxylic acid groups (broad SMARTS) is 1. The zero-order chi connectivity index (χ0) is 17.5. The Bertz CT molecular complexity index is 573. The molecule has 0 unspecified atom stereocenters. The molecule has 2 aliphatic rings. The highest BCUT2D eigenvalue weighted by Gasteiger charge is 2.47. The van der Waals surface area contributed by atoms with Gasteiger partial charge >= 0.3 is 5.97 Å². The molecule has 2 fully saturated rings. The monoisotopic (exact) mass is 376 g/mol. The topological polar surface area (TPSA) is 37.3 Å². The number of rotatable bonds is 10. The molecule has 2 heterocycles. The molecule has 1 aromatic rings. The standard InChI is InChI=1S/C21H28O2S2/c22-21(23)11-7-2-1-6-10-17-18(20-13-12-19(17)25-20)15-24-14-16-8-4-3-5-9-16/h1,3-6,8-9,17-20H,2,7,10-15H2,(H,22,23)/t17-,18+,19-,20+/m1/s1. The lowest BCUT2D eigenvalue weighted by Gasteiger charge is -2.28. The summed E-state index contributed by atoms with van der Waals surface area (Å²) >= 11 is 4.34. The van der Waals surface area contributed by atoms with Crippen LogP contribution in [0.3, 0.4) is 0 Å². The summed E-state index contributed by atoms with van der Waals surface area (Å²) in [6, 6.07) is 10.8. The average molecular weight is 377 g/mol. The van der Waals surface area contributed by atoms with Gasteiger partial charge < -0.3 is 5.11 Å². The molecule has 0 spiro atoms. The van der Waals surface area contributed by atoms with Crippen molar-refractivity contribution < 1.29 is 9.90 Å². The van der Waals surface area contributed by atoms with E-state index in [-0.39, 0.29) is 6.42 Å². The first kappa shape index (κ1) is 18.9. The predicted octanol–water partition coefficient (Wildman–Crippen LogP) is 5.63. The van der Waals surface area contributed by atoms with E-state index in [2.05, 4.69) is 66.0 Å². The summed E-state index contributed by atoms with van der Waals surface area (Å²) in [5.41, 5.74) is 1.43. The van der Waals surface area contributed by atoms with Gasteiger partial charge in [-0.2, -0.15) is 23.5 Å². The summed E-state index contributed by atoms with van der Waals surface area (Å²) < 4.78 is 0. The normalized spacial score (nSPS) is 28.0. The number of aliphatic carboxylic acids is 1. The number of unbranched alkanes of at least 4 members (excludes halogenated alkanes) is 1. The number of allylic oxidation sites excluding steroid dienone is 2. The van der Waals surface area contributed by atoms with Gasteiger partial charge in [0, 0.05) is 22.7 Å². The van der Waals surface area contributed by atoms with Crippen LogP contribution in [0.25, 0.3) is 0 Å². The molecule has 0 aliphatic carbocycles. The van der Waals surface area contributed by atoms with Crippen molar-refractivity contribution >= 4 is 29.5 Å². The van der Waals surface area contributed by atoms with E-state index >= 15 is 0 Å². The Labute approximate surface area is 159 Å². The molecule has 0 saturated carbocycles. The van der Waals surface area contributed by atoms with Crippen LogP contribution in [-0.4, -0.2) is 27.3 Å². The first-order chi connectivity index (χ1) is 12.2. The summed E-state index contributed by atoms with van der Waals surface area (Å²) in [7, 11) is 0. The van der Waals surface area contributed by atoms with Crippen molar-refractivity contribution in [1.29, 1.82) is 0 Å². The second-order valence-corrected chi connectivity index (χ2v) is 9.63. The highest BCUT2D eigenvalue weighted by Crippen LogP contribution is 2.55. The molecule has 2 bridgehead atoms. The van der Waals surface area contributed by atoms with Gasteiger partial charge in [0.2, 0.25) is 0 Å². The maximum Gasteiger partial charge on any atom is 0.303 e. The fourth-order valence-corrected chi connectivity index (χ4v) is 7.48. The first-order valence-electron chi connectivity index (χ1n) is 9.38. The van der Waals surface area contributed by atoms with Gasteiger partial charge in [-0.25, -0.2) is 0 Å². The number of fused-ring (bicyclic) bond motifs is 2. The van der Waals surface area contributed by atoms with E-state index in [1.165, 1.54) is 30.6 Å². The van der Waals surface area contributed by atoms with E-state index in [1.54, 1.807) is 0 Å². The van der Waals surface area contributed by atoms with Gasteiger partial charge in [0.15, 0.2) is 0 Å². The minimum Gasteiger partial charge on any atom is -0.481 e. The SMILES string of the molecule is O=C(O)CCCC=CC[C@@H]1[C@H](CSCc2ccccc2)[C@@H]2CC[C@H]1S2. The summed E-state index contributed by atoms with van der Waals surface area (Å²) in [6.45, 7) is 0. The van der Waals surface area contributed by atoms with Gasteiger partial charge in [0.25, 0.3) is 0 Å². The van der Waals surface area contributed by atoms with Crippen LogP contribution >= 0.6 is 23.5 Å². The molecule has 136 valence electrons. The molecule has 1 aromatic carbocycles. The molecule has 2 aliphatic heterocycles. The van der Waals surface area contributed by atoms with Gasteiger partial charge in [0.05, 0.1) is 0 Å². The van der Waals surface area contributed by atoms with Crippen LogP contribution in [0.4, 0.5) is 0 Å². The van der Waals surface area contributed by atoms with Crippen LogP contribution in [0.1, 0.15) is 44.1 Å². The summed E-state index contributed by atoms with van der Waals surface area (Å²) in [5.74, 6) is 3.38. The fourth-order valence-electron chi connectivity index (χ4n) is 4.06. The quantitative estimate of drug-likeness (QED) is 0.424. The van der Waals surface area contributed by atoms with Crippen LogP contribution in [0.2, 0.25) is 0 Å². The number of carboxylic acids is 1. The molecule has 2 nitrogen and oxygen atoms in total. The Morgan fingerprint density at radius 3 is 2.68 bits per heavy atom. The van der Waals surface area contributed by atoms with Gasteiger partial charge in [-0.05, 0) is 55.3 Å². The minimum atomic E-state index is -0.687. The first-order valence-corrected chi connectivity index (χ1v) is 11.5. The van der Waals surface area contributed by atoms with Crippen LogP contribution < -0.4 is 0 Å². The fraction of sp³-hybridized carbons (Fsp3) is 0.571. The van der Waals surface area contributed by atoms with E-state index in [1.807, 2.05) is 0 Å². The lowest BCUT2D eigenvalue weighted by Crippen LogP contribution is -2.28. The average Bonchev–Trinajstić information content (AvgIpc) is 3.21. The molecule has 25 heavy (non-hydrogen) atoms. The van der Waals surface area contributed by atoms with Gasteiger partial charge in [-0.15, -0.1) is 0 Å². The van der Waals surface area contributed by atoms with Gasteiger partial charge in [-0.3, -0.25) is 4.79 Å². The van der Waals surface area contributed by atoms with Gasteiger partial charge in [0.1, 0.15) is 0 Å². The lowest BCUT2D eigenvalue weighted by atomic mass is 9.78. The second kappa shape index (κ2) is 9.72. The maximum absolute atomic E-state index is 10.5. The molecule has 1 N–H and O–H groups in total. The summed E-state index contributed by atoms with van der Waals surface area (Å²) in [5, 5.41) is 10.4. The Morgan fingerprint density at radius 1 is 1.16 bits per heavy atom. The summed E-state index contributed by atoms with van der Waals surface area (Å²) in [4.78, 5) is 10.5. The smallest absolute Gasteiger partial charge is 0.303 e. The van der Waals surface area contributed by atoms with Crippen molar-refractivity contribution in [2.45, 2.75) is 54.8 Å². The number of thioether (sulfide) groups is 2. The molecule has 0 radical (unpaired) electrons. The Hall–Kier alpha value is -0.870. The Balaban J connectivity index is 1.43. The highest BCUT2D eigenvalue weighted by molar-refractivity contribution is 8.01. The van der Waals surface area contributed by atoms with Crippen molar-refractivity contribution in [3.05, 3.63) is 48.0 Å². The summed E-state index contributed by atoms with van der Waals surface area (Å²) in [6.07, 6.45) is 10.4. The number of hydrogen-bond donors (Lipinski definition) is 1. The molecule has 2 saturated heterocycles. The number of benzene rings is 1. The van der Waals surface area contributed by atoms with Crippen LogP contribution in [0.5, 0.6) is 0 Å². The third-order valence-corrected chi connectivity index (χ3v) is 8.38. The predicted molar refractivity (Wildman–Crippen MR) is 109 cm³/mol. The van der Waals surface area contributed by atoms with Crippen LogP contribution in [-0.2, 0) is 10.5 Å². The Morgan fingerprint density at radius 2 is 1.92 bits per heavy atom. The van der Waals surface area contributed by atoms with E-state index in [9.17, 15) is 4.79 Å². The molecule has 4 atom stereocenters. The van der Waals surface area contributed by atoms with E-state index in [0.29, 0.717) is 0 Å². The van der Waals surface area contributed by atoms with E-state index in [0.717, 1.165) is 40.9 Å². The third kappa shape index (κ3) is 5.55. The second-order valence-electron chi connectivity index (χ2n) is 7.11. The lowest BCUT2D eigenvalue weighted by molar-refractivity contribution is -0.137. The molecule has 3 rings (SSSR count). The minimum absolute atomic E-state index is 0.285. The van der Waals surface area contributed by atoms with Crippen molar-refractivity contribution in [2.24, 2.45) is 11.8 Å². The van der Waals surface area contributed by atoms with Crippen LogP contribution in [0, 0.1) is 11.8 Å². The van der Waals surface area contributed by atoms with Crippen molar-refractivity contribution in [3.8, 4) is 0 Å². The number of carbonyl (C=O) groups is 1. The van der Waals surface area contributed by atoms with Crippen molar-refractivity contribution in [1.82, 2.24) is 0 Å². The number of hydrogen-bond acceptors (Lipinski definition) is 3. The zero-order valence-electron chi connectivity index (χ0n) is 14.7. The van der Waals surface area contributed by atoms with E-state index in [4.69, 9.17) is 5.11 Å². The molecular formula is C21H28O2S2. The van der Waals surface area contributed by atoms with Crippen LogP contribution in [0.15, 0.2) is 42.5 Å². The zero-order valence-corrected chi connectivity index (χ0v) is 16.3.